The molecule has 3 aromatic rings. The first-order valence-electron chi connectivity index (χ1n) is 14.3. The Morgan fingerprint density at radius 1 is 0.800 bits per heavy atom. The maximum Gasteiger partial charge on any atom is 2.00 e. The predicted octanol–water partition coefficient (Wildman–Crippen LogP) is 7.15. The number of rotatable bonds is 8. The van der Waals surface area contributed by atoms with E-state index in [-0.39, 0.29) is 50.4 Å². The largest absolute Gasteiger partial charge is 2.00 e. The quantitative estimate of drug-likeness (QED) is 0.145. The van der Waals surface area contributed by atoms with Gasteiger partial charge in [-0.05, 0) is 75.3 Å². The van der Waals surface area contributed by atoms with Gasteiger partial charge in [-0.2, -0.15) is 12.6 Å². The fraction of sp³-hybridized carbons (Fsp3) is 0.294. The number of allylic oxidation sites excluding steroid dienone is 3. The van der Waals surface area contributed by atoms with Gasteiger partial charge in [0.2, 0.25) is 0 Å². The molecule has 1 atom stereocenters. The molecule has 0 aromatic carbocycles. The van der Waals surface area contributed by atoms with Crippen LogP contribution in [-0.4, -0.2) is 37.4 Å². The van der Waals surface area contributed by atoms with Crippen molar-refractivity contribution in [1.29, 1.82) is 0 Å². The zero-order valence-corrected chi connectivity index (χ0v) is 30.8. The summed E-state index contributed by atoms with van der Waals surface area (Å²) in [7, 11) is 0. The van der Waals surface area contributed by atoms with Gasteiger partial charge in [-0.1, -0.05) is 47.5 Å². The van der Waals surface area contributed by atoms with E-state index in [1.807, 2.05) is 58.9 Å². The van der Waals surface area contributed by atoms with Gasteiger partial charge < -0.3 is 20.2 Å². The van der Waals surface area contributed by atoms with Crippen molar-refractivity contribution in [2.24, 2.45) is 0 Å². The zero-order valence-electron chi connectivity index (χ0n) is 26.0. The smallest absolute Gasteiger partial charge is 0.657 e. The fourth-order valence-corrected chi connectivity index (χ4v) is 6.58. The van der Waals surface area contributed by atoms with E-state index in [2.05, 4.69) is 19.2 Å². The Labute approximate surface area is 285 Å². The number of carboxylic acid groups (broad SMARTS) is 2. The molecule has 3 aromatic heterocycles. The van der Waals surface area contributed by atoms with Crippen molar-refractivity contribution in [3.8, 4) is 0 Å². The Morgan fingerprint density at radius 2 is 1.31 bits per heavy atom. The van der Waals surface area contributed by atoms with Gasteiger partial charge in [0.1, 0.15) is 0 Å². The molecule has 11 heteroatoms. The molecule has 45 heavy (non-hydrogen) atoms. The number of fused-ring (bicyclic) bond motifs is 8. The van der Waals surface area contributed by atoms with Gasteiger partial charge in [-0.15, -0.1) is 34.7 Å². The summed E-state index contributed by atoms with van der Waals surface area (Å²) >= 11 is 9.37. The van der Waals surface area contributed by atoms with Gasteiger partial charge in [-0.3, -0.25) is 9.59 Å². The number of hydrogen-bond acceptors (Lipinski definition) is 6. The molecule has 0 saturated carbocycles. The molecular weight excluding hydrogens is 658 g/mol. The third kappa shape index (κ3) is 6.76. The van der Waals surface area contributed by atoms with Crippen LogP contribution in [0.4, 0.5) is 0 Å². The Kier molecular flexibility index (Phi) is 10.4. The summed E-state index contributed by atoms with van der Waals surface area (Å²) in [4.78, 5) is 43.6. The number of hydrogen-bond donors (Lipinski definition) is 4. The Bertz CT molecular complexity index is 1980. The van der Waals surface area contributed by atoms with Gasteiger partial charge in [0, 0.05) is 23.0 Å². The minimum Gasteiger partial charge on any atom is -0.657 e. The van der Waals surface area contributed by atoms with Crippen molar-refractivity contribution in [2.45, 2.75) is 65.6 Å². The summed E-state index contributed by atoms with van der Waals surface area (Å²) < 4.78 is 0. The molecule has 0 aliphatic carbocycles. The molecule has 2 N–H and O–H groups in total. The van der Waals surface area contributed by atoms with Crippen molar-refractivity contribution in [3.63, 3.8) is 0 Å². The van der Waals surface area contributed by atoms with Crippen molar-refractivity contribution >= 4 is 86.5 Å². The van der Waals surface area contributed by atoms with E-state index in [9.17, 15) is 19.8 Å². The van der Waals surface area contributed by atoms with Crippen LogP contribution in [-0.2, 0) is 35.5 Å². The summed E-state index contributed by atoms with van der Waals surface area (Å²) in [5.41, 5.74) is 12.4. The Hall–Kier alpha value is -3.40. The summed E-state index contributed by atoms with van der Waals surface area (Å²) in [5.74, 6) is -1.81. The number of aliphatic carboxylic acids is 2. The molecule has 0 saturated heterocycles. The molecule has 0 unspecified atom stereocenters. The first-order chi connectivity index (χ1) is 20.8. The fourth-order valence-electron chi connectivity index (χ4n) is 5.97. The van der Waals surface area contributed by atoms with Crippen LogP contribution in [0, 0.1) is 13.8 Å². The van der Waals surface area contributed by atoms with Crippen molar-refractivity contribution in [1.82, 2.24) is 19.9 Å². The van der Waals surface area contributed by atoms with Gasteiger partial charge in [-0.25, -0.2) is 9.97 Å². The monoisotopic (exact) mass is 690 g/mol. The number of thiol groups is 2. The van der Waals surface area contributed by atoms with E-state index >= 15 is 0 Å². The molecule has 8 nitrogen and oxygen atoms in total. The predicted molar refractivity (Wildman–Crippen MR) is 183 cm³/mol. The second-order valence-electron chi connectivity index (χ2n) is 11.3. The topological polar surface area (TPSA) is 129 Å². The number of aryl methyl sites for hydroxylation is 3. The number of aromatic nitrogens is 4. The summed E-state index contributed by atoms with van der Waals surface area (Å²) in [6.45, 7) is 14.0. The minimum absolute atomic E-state index is 0. The maximum absolute atomic E-state index is 11.6. The van der Waals surface area contributed by atoms with Crippen LogP contribution < -0.4 is 9.97 Å². The van der Waals surface area contributed by atoms with Crippen LogP contribution in [0.5, 0.6) is 0 Å². The van der Waals surface area contributed by atoms with E-state index in [0.717, 1.165) is 61.5 Å². The third-order valence-electron chi connectivity index (χ3n) is 8.31. The normalized spacial score (nSPS) is 13.6. The molecule has 0 fully saturated rings. The number of carboxylic acids is 2. The van der Waals surface area contributed by atoms with Crippen molar-refractivity contribution < 1.29 is 39.3 Å². The summed E-state index contributed by atoms with van der Waals surface area (Å²) in [6, 6.07) is 7.62. The van der Waals surface area contributed by atoms with Crippen LogP contribution in [0.1, 0.15) is 85.1 Å². The molecule has 0 spiro atoms. The number of carbonyl (C=O) groups is 2. The second kappa shape index (κ2) is 13.5. The summed E-state index contributed by atoms with van der Waals surface area (Å²) in [5, 5.41) is 18.9. The van der Waals surface area contributed by atoms with Crippen molar-refractivity contribution in [3.05, 3.63) is 75.9 Å². The Balaban J connectivity index is 0.00000461. The zero-order chi connectivity index (χ0) is 32.0. The molecule has 5 heterocycles. The molecule has 2 aliphatic rings. The first kappa shape index (κ1) is 34.5. The first-order valence-corrected chi connectivity index (χ1v) is 15.3. The van der Waals surface area contributed by atoms with Crippen LogP contribution in [0.3, 0.4) is 0 Å². The molecule has 228 valence electrons. The molecule has 0 amide bonds. The molecular formula is C34H34N4O4S2Zn. The van der Waals surface area contributed by atoms with Crippen LogP contribution in [0.25, 0.3) is 49.3 Å². The van der Waals surface area contributed by atoms with Gasteiger partial charge in [0.15, 0.2) is 0 Å². The van der Waals surface area contributed by atoms with Crippen LogP contribution in [0.2, 0.25) is 0 Å². The SMILES string of the molecule is C=C(S)c1c(C)c2cc3nc(cc4[n-]c(cc5nc(cc1[n-]2)C(C)=C5CCC(=O)O)c(CCC(=O)O)c4C)C(C)=C3[C@H](C)S.[Zn+2]. The van der Waals surface area contributed by atoms with E-state index in [1.165, 1.54) is 0 Å². The maximum atomic E-state index is 11.6. The summed E-state index contributed by atoms with van der Waals surface area (Å²) in [6.07, 6.45) is 0.445. The van der Waals surface area contributed by atoms with Crippen LogP contribution >= 0.6 is 25.3 Å². The molecule has 5 rings (SSSR count). The van der Waals surface area contributed by atoms with E-state index in [0.29, 0.717) is 32.8 Å². The van der Waals surface area contributed by atoms with E-state index in [4.69, 9.17) is 32.6 Å². The van der Waals surface area contributed by atoms with Gasteiger partial charge in [0.05, 0.1) is 22.8 Å². The third-order valence-corrected chi connectivity index (χ3v) is 8.79. The average Bonchev–Trinajstić information content (AvgIpc) is 3.59. The molecule has 8 bridgehead atoms. The second-order valence-corrected chi connectivity index (χ2v) is 12.6. The van der Waals surface area contributed by atoms with E-state index < -0.39 is 11.9 Å². The Morgan fingerprint density at radius 3 is 1.93 bits per heavy atom. The molecule has 0 radical (unpaired) electrons. The van der Waals surface area contributed by atoms with E-state index in [1.54, 1.807) is 0 Å². The standard InChI is InChI=1S/C34H36N4O4S2.Zn/c1-15-21(7-9-31(39)40)27-14-28-22(8-10-32(41)42)16(2)24(36-28)12-29-34(20(6)44)18(4)26(38-29)13-30-33(19(5)43)17(3)25(37-30)11-23(15)35-27;/h11-14,19H,6-10H2,1-5H3,(H6,35,36,37,38,39,40,41,42,43,44);/q;+2/p-2/t19-;/m0./s1. The number of nitrogens with zero attached hydrogens (tertiary/aromatic N) is 4. The molecule has 2 aliphatic heterocycles. The minimum atomic E-state index is -0.907. The van der Waals surface area contributed by atoms with Crippen molar-refractivity contribution in [2.75, 3.05) is 0 Å². The van der Waals surface area contributed by atoms with Gasteiger partial charge in [0.25, 0.3) is 0 Å². The van der Waals surface area contributed by atoms with Gasteiger partial charge >= 0.3 is 31.4 Å². The van der Waals surface area contributed by atoms with Crippen LogP contribution in [0.15, 0.2) is 30.8 Å². The average molecular weight is 692 g/mol.